The van der Waals surface area contributed by atoms with Crippen molar-refractivity contribution in [3.05, 3.63) is 109 Å². The molecular weight excluding hydrogens is 877 g/mol. The lowest BCUT2D eigenvalue weighted by Gasteiger charge is -2.18. The van der Waals surface area contributed by atoms with Crippen LogP contribution < -0.4 is 0 Å². The van der Waals surface area contributed by atoms with E-state index in [9.17, 15) is 14.4 Å². The van der Waals surface area contributed by atoms with Gasteiger partial charge in [0.05, 0.1) is 0 Å². The number of ether oxygens (including phenoxy) is 3. The minimum absolute atomic E-state index is 0.101. The molecule has 0 aromatic rings. The highest BCUT2D eigenvalue weighted by Crippen LogP contribution is 2.14. The molecule has 0 N–H and O–H groups in total. The predicted octanol–water partition coefficient (Wildman–Crippen LogP) is 19.9. The third-order valence-electron chi connectivity index (χ3n) is 12.2. The van der Waals surface area contributed by atoms with Crippen LogP contribution in [-0.2, 0) is 28.6 Å². The molecule has 0 aromatic carbocycles. The van der Waals surface area contributed by atoms with Crippen LogP contribution in [0.1, 0.15) is 265 Å². The van der Waals surface area contributed by atoms with Gasteiger partial charge in [0, 0.05) is 19.3 Å². The fourth-order valence-corrected chi connectivity index (χ4v) is 7.82. The first kappa shape index (κ1) is 67.1. The van der Waals surface area contributed by atoms with E-state index in [1.165, 1.54) is 109 Å². The molecule has 1 atom stereocenters. The van der Waals surface area contributed by atoms with Crippen LogP contribution in [0.5, 0.6) is 0 Å². The van der Waals surface area contributed by atoms with Crippen molar-refractivity contribution in [3.63, 3.8) is 0 Å². The minimum atomic E-state index is -0.806. The first-order valence-corrected chi connectivity index (χ1v) is 29.4. The molecule has 0 fully saturated rings. The van der Waals surface area contributed by atoms with Gasteiger partial charge in [-0.05, 0) is 128 Å². The van der Waals surface area contributed by atoms with Crippen LogP contribution in [0.3, 0.4) is 0 Å². The van der Waals surface area contributed by atoms with Gasteiger partial charge in [0.15, 0.2) is 6.10 Å². The molecule has 0 amide bonds. The summed E-state index contributed by atoms with van der Waals surface area (Å²) >= 11 is 0. The summed E-state index contributed by atoms with van der Waals surface area (Å²) in [6.45, 7) is 6.43. The van der Waals surface area contributed by atoms with Crippen molar-refractivity contribution in [1.82, 2.24) is 0 Å². The molecule has 0 aromatic heterocycles. The highest BCUT2D eigenvalue weighted by Gasteiger charge is 2.19. The van der Waals surface area contributed by atoms with E-state index in [1.807, 2.05) is 0 Å². The molecule has 0 aliphatic carbocycles. The summed E-state index contributed by atoms with van der Waals surface area (Å²) in [5, 5.41) is 0. The van der Waals surface area contributed by atoms with E-state index >= 15 is 0 Å². The van der Waals surface area contributed by atoms with Crippen LogP contribution in [0.15, 0.2) is 109 Å². The van der Waals surface area contributed by atoms with Crippen molar-refractivity contribution >= 4 is 17.9 Å². The molecule has 0 heterocycles. The lowest BCUT2D eigenvalue weighted by Crippen LogP contribution is -2.30. The fraction of sp³-hybridized carbons (Fsp3) is 0.677. The molecule has 6 heteroatoms. The minimum Gasteiger partial charge on any atom is -0.462 e. The maximum atomic E-state index is 12.9. The molecule has 0 bridgehead atoms. The van der Waals surface area contributed by atoms with Crippen molar-refractivity contribution in [2.45, 2.75) is 271 Å². The van der Waals surface area contributed by atoms with Crippen molar-refractivity contribution < 1.29 is 28.6 Å². The number of hydrogen-bond donors (Lipinski definition) is 0. The van der Waals surface area contributed by atoms with Gasteiger partial charge in [-0.2, -0.15) is 0 Å². The molecule has 0 spiro atoms. The number of allylic oxidation sites excluding steroid dienone is 18. The first-order chi connectivity index (χ1) is 35.0. The summed E-state index contributed by atoms with van der Waals surface area (Å²) in [6.07, 6.45) is 79.3. The molecule has 1 unspecified atom stereocenters. The van der Waals surface area contributed by atoms with Crippen LogP contribution in [0.25, 0.3) is 0 Å². The van der Waals surface area contributed by atoms with Crippen molar-refractivity contribution in [2.75, 3.05) is 13.2 Å². The summed E-state index contributed by atoms with van der Waals surface area (Å²) in [7, 11) is 0. The van der Waals surface area contributed by atoms with E-state index < -0.39 is 6.10 Å². The molecule has 404 valence electrons. The zero-order valence-corrected chi connectivity index (χ0v) is 46.2. The smallest absolute Gasteiger partial charge is 0.306 e. The van der Waals surface area contributed by atoms with Crippen molar-refractivity contribution in [3.8, 4) is 0 Å². The molecule has 0 rings (SSSR count). The lowest BCUT2D eigenvalue weighted by atomic mass is 10.1. The molecule has 0 radical (unpaired) electrons. The first-order valence-electron chi connectivity index (χ1n) is 29.4. The van der Waals surface area contributed by atoms with Gasteiger partial charge in [0.1, 0.15) is 13.2 Å². The van der Waals surface area contributed by atoms with Gasteiger partial charge < -0.3 is 14.2 Å². The molecule has 6 nitrogen and oxygen atoms in total. The van der Waals surface area contributed by atoms with Crippen LogP contribution in [0.2, 0.25) is 0 Å². The molecule has 71 heavy (non-hydrogen) atoms. The summed E-state index contributed by atoms with van der Waals surface area (Å²) < 4.78 is 16.8. The highest BCUT2D eigenvalue weighted by atomic mass is 16.6. The average Bonchev–Trinajstić information content (AvgIpc) is 3.37. The standard InChI is InChI=1S/C65H108O6/c1-4-7-10-13-16-19-22-25-28-30-32-34-37-40-43-46-49-52-55-58-64(67)70-61-62(60-69-63(66)57-54-51-48-45-42-39-36-27-24-21-18-15-12-9-6-3)71-65(68)59-56-53-50-47-44-41-38-35-33-31-29-26-23-20-17-14-11-8-5-2/h9,12,16-21,25-29,32,34,36,42,45,62H,4-8,10-11,13-15,22-24,30-31,33,35,37-41,43-44,46-61H2,1-3H3/b12-9-,19-16-,20-17-,21-18-,28-25-,29-26-,34-32-,36-27-,45-42-. The Balaban J connectivity index is 4.47. The Bertz CT molecular complexity index is 1460. The Kier molecular flexibility index (Phi) is 55.4. The van der Waals surface area contributed by atoms with E-state index in [4.69, 9.17) is 14.2 Å². The number of unbranched alkanes of at least 4 members (excludes halogenated alkanes) is 23. The molecular formula is C65H108O6. The quantitative estimate of drug-likeness (QED) is 0.0261. The van der Waals surface area contributed by atoms with E-state index in [2.05, 4.69) is 130 Å². The zero-order valence-electron chi connectivity index (χ0n) is 46.2. The Hall–Kier alpha value is -3.93. The van der Waals surface area contributed by atoms with E-state index in [0.717, 1.165) is 116 Å². The second-order valence-electron chi connectivity index (χ2n) is 19.2. The normalized spacial score (nSPS) is 12.9. The Labute approximate surface area is 438 Å². The van der Waals surface area contributed by atoms with E-state index in [-0.39, 0.29) is 31.1 Å². The van der Waals surface area contributed by atoms with Gasteiger partial charge in [-0.15, -0.1) is 0 Å². The maximum absolute atomic E-state index is 12.9. The number of rotatable bonds is 52. The van der Waals surface area contributed by atoms with Crippen LogP contribution in [-0.4, -0.2) is 37.2 Å². The molecule has 0 aliphatic heterocycles. The number of hydrogen-bond acceptors (Lipinski definition) is 6. The Morgan fingerprint density at radius 1 is 0.296 bits per heavy atom. The van der Waals surface area contributed by atoms with E-state index in [1.54, 1.807) is 0 Å². The fourth-order valence-electron chi connectivity index (χ4n) is 7.82. The van der Waals surface area contributed by atoms with Gasteiger partial charge in [-0.3, -0.25) is 14.4 Å². The summed E-state index contributed by atoms with van der Waals surface area (Å²) in [5.41, 5.74) is 0. The molecule has 0 saturated carbocycles. The number of carbonyl (C=O) groups excluding carboxylic acids is 3. The predicted molar refractivity (Wildman–Crippen MR) is 307 cm³/mol. The van der Waals surface area contributed by atoms with Gasteiger partial charge in [-0.1, -0.05) is 226 Å². The number of esters is 3. The average molecular weight is 986 g/mol. The third-order valence-corrected chi connectivity index (χ3v) is 12.2. The SMILES string of the molecule is CC/C=C\C/C=C\C/C=C\C/C=C\CCCCC(=O)OCC(COC(=O)CCCCCCCC/C=C\C/C=C\C/C=C\CCCCC)OC(=O)CCCCCCCCCCC/C=C\C/C=C\CCCCC. The maximum Gasteiger partial charge on any atom is 0.306 e. The lowest BCUT2D eigenvalue weighted by molar-refractivity contribution is -0.167. The number of carbonyl (C=O) groups is 3. The van der Waals surface area contributed by atoms with Crippen molar-refractivity contribution in [2.24, 2.45) is 0 Å². The summed E-state index contributed by atoms with van der Waals surface area (Å²) in [5.74, 6) is -0.958. The second kappa shape index (κ2) is 58.6. The van der Waals surface area contributed by atoms with Crippen molar-refractivity contribution in [1.29, 1.82) is 0 Å². The van der Waals surface area contributed by atoms with Crippen LogP contribution in [0.4, 0.5) is 0 Å². The van der Waals surface area contributed by atoms with Gasteiger partial charge in [-0.25, -0.2) is 0 Å². The summed E-state index contributed by atoms with van der Waals surface area (Å²) in [4.78, 5) is 38.2. The summed E-state index contributed by atoms with van der Waals surface area (Å²) in [6, 6.07) is 0. The van der Waals surface area contributed by atoms with Gasteiger partial charge in [0.2, 0.25) is 0 Å². The topological polar surface area (TPSA) is 78.9 Å². The monoisotopic (exact) mass is 985 g/mol. The molecule has 0 saturated heterocycles. The Morgan fingerprint density at radius 2 is 0.549 bits per heavy atom. The van der Waals surface area contributed by atoms with Gasteiger partial charge >= 0.3 is 17.9 Å². The largest absolute Gasteiger partial charge is 0.462 e. The van der Waals surface area contributed by atoms with Crippen LogP contribution in [0, 0.1) is 0 Å². The highest BCUT2D eigenvalue weighted by molar-refractivity contribution is 5.71. The second-order valence-corrected chi connectivity index (χ2v) is 19.2. The van der Waals surface area contributed by atoms with Gasteiger partial charge in [0.25, 0.3) is 0 Å². The van der Waals surface area contributed by atoms with Crippen LogP contribution >= 0.6 is 0 Å². The third kappa shape index (κ3) is 56.9. The Morgan fingerprint density at radius 3 is 0.887 bits per heavy atom. The molecule has 0 aliphatic rings. The zero-order chi connectivity index (χ0) is 51.4. The van der Waals surface area contributed by atoms with E-state index in [0.29, 0.717) is 19.3 Å².